The van der Waals surface area contributed by atoms with Gasteiger partial charge in [-0.1, -0.05) is 49.2 Å². The molecular formula is C24H22F3N3O5. The molecule has 2 fully saturated rings. The highest BCUT2D eigenvalue weighted by molar-refractivity contribution is 6.09. The minimum Gasteiger partial charge on any atom is -0.446 e. The van der Waals surface area contributed by atoms with Crippen molar-refractivity contribution < 1.29 is 37.1 Å². The van der Waals surface area contributed by atoms with Crippen LogP contribution in [-0.2, 0) is 25.3 Å². The highest BCUT2D eigenvalue weighted by Gasteiger charge is 2.53. The van der Waals surface area contributed by atoms with Gasteiger partial charge in [0.15, 0.2) is 0 Å². The van der Waals surface area contributed by atoms with Crippen molar-refractivity contribution in [3.63, 3.8) is 0 Å². The number of hydrogen-bond acceptors (Lipinski definition) is 5. The van der Waals surface area contributed by atoms with E-state index in [9.17, 15) is 32.3 Å². The quantitative estimate of drug-likeness (QED) is 0.475. The third kappa shape index (κ3) is 5.13. The van der Waals surface area contributed by atoms with Gasteiger partial charge in [-0.2, -0.15) is 13.2 Å². The first-order valence-corrected chi connectivity index (χ1v) is 11.0. The topological polar surface area (TPSA) is 105 Å². The first kappa shape index (κ1) is 24.2. The van der Waals surface area contributed by atoms with Crippen molar-refractivity contribution in [2.24, 2.45) is 0 Å². The van der Waals surface area contributed by atoms with Crippen LogP contribution in [0.2, 0.25) is 0 Å². The van der Waals surface area contributed by atoms with Crippen molar-refractivity contribution >= 4 is 29.5 Å². The number of nitrogens with one attached hydrogen (secondary N) is 2. The summed E-state index contributed by atoms with van der Waals surface area (Å²) in [6, 6.07) is 11.2. The number of alkyl halides is 3. The lowest BCUT2D eigenvalue weighted by molar-refractivity contribution is -0.156. The number of nitrogens with zero attached hydrogens (tertiary/aromatic N) is 1. The number of carbonyl (C=O) groups is 4. The summed E-state index contributed by atoms with van der Waals surface area (Å²) in [5, 5.41) is 4.98. The number of anilines is 1. The molecule has 1 saturated carbocycles. The van der Waals surface area contributed by atoms with E-state index in [0.717, 1.165) is 35.9 Å². The number of ether oxygens (including phenoxy) is 1. The summed E-state index contributed by atoms with van der Waals surface area (Å²) < 4.78 is 44.4. The largest absolute Gasteiger partial charge is 0.446 e. The molecule has 11 heteroatoms. The molecule has 0 radical (unpaired) electrons. The first-order valence-electron chi connectivity index (χ1n) is 11.0. The van der Waals surface area contributed by atoms with Gasteiger partial charge in [0, 0.05) is 11.3 Å². The summed E-state index contributed by atoms with van der Waals surface area (Å²) in [6.07, 6.45) is -3.62. The number of benzene rings is 2. The molecule has 1 saturated heterocycles. The van der Waals surface area contributed by atoms with Crippen LogP contribution in [0.1, 0.15) is 42.9 Å². The van der Waals surface area contributed by atoms with Gasteiger partial charge in [0.1, 0.15) is 12.1 Å². The van der Waals surface area contributed by atoms with Crippen molar-refractivity contribution in [2.45, 2.75) is 43.5 Å². The fraction of sp³-hybridized carbons (Fsp3) is 0.333. The summed E-state index contributed by atoms with van der Waals surface area (Å²) in [4.78, 5) is 51.5. The maximum absolute atomic E-state index is 13.0. The van der Waals surface area contributed by atoms with Gasteiger partial charge in [0.2, 0.25) is 6.10 Å². The third-order valence-electron chi connectivity index (χ3n) is 6.04. The first-order chi connectivity index (χ1) is 16.6. The number of halogens is 3. The third-order valence-corrected chi connectivity index (χ3v) is 6.04. The predicted molar refractivity (Wildman–Crippen MR) is 117 cm³/mol. The predicted octanol–water partition coefficient (Wildman–Crippen LogP) is 3.79. The normalized spacial score (nSPS) is 17.9. The smallest absolute Gasteiger partial charge is 0.416 e. The molecule has 35 heavy (non-hydrogen) atoms. The lowest BCUT2D eigenvalue weighted by Crippen LogP contribution is -2.44. The molecule has 0 aromatic heterocycles. The van der Waals surface area contributed by atoms with E-state index in [0.29, 0.717) is 12.8 Å². The van der Waals surface area contributed by atoms with E-state index in [4.69, 9.17) is 4.74 Å². The number of hydrogen-bond donors (Lipinski definition) is 2. The zero-order valence-electron chi connectivity index (χ0n) is 18.4. The molecule has 1 unspecified atom stereocenters. The molecule has 2 aromatic rings. The van der Waals surface area contributed by atoms with E-state index < -0.39 is 53.7 Å². The van der Waals surface area contributed by atoms with Gasteiger partial charge in [-0.25, -0.2) is 4.79 Å². The summed E-state index contributed by atoms with van der Waals surface area (Å²) in [5.41, 5.74) is -1.84. The minimum absolute atomic E-state index is 0.140. The Labute approximate surface area is 198 Å². The Hall–Kier alpha value is -3.89. The Morgan fingerprint density at radius 2 is 1.74 bits per heavy atom. The fourth-order valence-corrected chi connectivity index (χ4v) is 4.32. The van der Waals surface area contributed by atoms with Crippen LogP contribution in [0.4, 0.5) is 23.7 Å². The Morgan fingerprint density at radius 1 is 1.06 bits per heavy atom. The maximum atomic E-state index is 13.0. The fourth-order valence-electron chi connectivity index (χ4n) is 4.32. The van der Waals surface area contributed by atoms with E-state index >= 15 is 0 Å². The van der Waals surface area contributed by atoms with Crippen LogP contribution in [0.3, 0.4) is 0 Å². The summed E-state index contributed by atoms with van der Waals surface area (Å²) >= 11 is 0. The molecule has 4 amide bonds. The van der Waals surface area contributed by atoms with Crippen LogP contribution in [0.5, 0.6) is 0 Å². The molecular weight excluding hydrogens is 467 g/mol. The molecule has 2 N–H and O–H groups in total. The van der Waals surface area contributed by atoms with Gasteiger partial charge < -0.3 is 15.4 Å². The molecule has 1 atom stereocenters. The molecule has 2 aromatic carbocycles. The molecule has 1 aliphatic carbocycles. The van der Waals surface area contributed by atoms with Gasteiger partial charge in [-0.3, -0.25) is 19.3 Å². The van der Waals surface area contributed by atoms with E-state index in [1.165, 1.54) is 18.2 Å². The molecule has 2 aliphatic rings. The van der Waals surface area contributed by atoms with Crippen molar-refractivity contribution in [3.05, 3.63) is 65.7 Å². The number of carbonyl (C=O) groups excluding carboxylic acids is 4. The second kappa shape index (κ2) is 9.40. The molecule has 184 valence electrons. The van der Waals surface area contributed by atoms with Crippen LogP contribution in [0, 0.1) is 0 Å². The second-order valence-corrected chi connectivity index (χ2v) is 8.46. The number of amides is 4. The molecule has 1 spiro atoms. The summed E-state index contributed by atoms with van der Waals surface area (Å²) in [6.45, 7) is -0.702. The van der Waals surface area contributed by atoms with Gasteiger partial charge in [0.05, 0.1) is 5.56 Å². The zero-order valence-corrected chi connectivity index (χ0v) is 18.4. The van der Waals surface area contributed by atoms with Gasteiger partial charge in [-0.15, -0.1) is 0 Å². The van der Waals surface area contributed by atoms with Crippen molar-refractivity contribution in [2.75, 3.05) is 11.9 Å². The maximum Gasteiger partial charge on any atom is 0.416 e. The van der Waals surface area contributed by atoms with Crippen LogP contribution in [-0.4, -0.2) is 40.8 Å². The van der Waals surface area contributed by atoms with Crippen LogP contribution in [0.25, 0.3) is 0 Å². The molecule has 1 heterocycles. The Morgan fingerprint density at radius 3 is 2.40 bits per heavy atom. The average Bonchev–Trinajstić information content (AvgIpc) is 3.38. The van der Waals surface area contributed by atoms with E-state index in [-0.39, 0.29) is 11.3 Å². The van der Waals surface area contributed by atoms with Crippen LogP contribution < -0.4 is 10.6 Å². The van der Waals surface area contributed by atoms with Crippen molar-refractivity contribution in [1.82, 2.24) is 10.2 Å². The average molecular weight is 489 g/mol. The monoisotopic (exact) mass is 489 g/mol. The number of rotatable bonds is 6. The standard InChI is InChI=1S/C24H22F3N3O5/c25-24(26,27)16-9-6-10-17(13-16)28-20(32)19(15-7-2-1-3-8-15)35-18(31)14-30-21(33)23(29-22(30)34)11-4-5-12-23/h1-3,6-10,13,19H,4-5,11-12,14H2,(H,28,32)(H,29,34). The molecule has 1 aliphatic heterocycles. The lowest BCUT2D eigenvalue weighted by atomic mass is 9.98. The van der Waals surface area contributed by atoms with E-state index in [1.54, 1.807) is 18.2 Å². The number of urea groups is 1. The van der Waals surface area contributed by atoms with Crippen molar-refractivity contribution in [3.8, 4) is 0 Å². The van der Waals surface area contributed by atoms with Gasteiger partial charge in [-0.05, 0) is 31.0 Å². The van der Waals surface area contributed by atoms with E-state index in [2.05, 4.69) is 10.6 Å². The Balaban J connectivity index is 1.50. The molecule has 0 bridgehead atoms. The number of imide groups is 1. The summed E-state index contributed by atoms with van der Waals surface area (Å²) in [7, 11) is 0. The Bertz CT molecular complexity index is 1150. The zero-order chi connectivity index (χ0) is 25.2. The van der Waals surface area contributed by atoms with Crippen LogP contribution >= 0.6 is 0 Å². The Kier molecular flexibility index (Phi) is 6.51. The highest BCUT2D eigenvalue weighted by Crippen LogP contribution is 2.35. The van der Waals surface area contributed by atoms with Crippen molar-refractivity contribution in [1.29, 1.82) is 0 Å². The highest BCUT2D eigenvalue weighted by atomic mass is 19.4. The SMILES string of the molecule is O=C(CN1C(=O)NC2(CCCC2)C1=O)OC(C(=O)Nc1cccc(C(F)(F)F)c1)c1ccccc1. The van der Waals surface area contributed by atoms with Gasteiger partial charge in [0.25, 0.3) is 11.8 Å². The number of esters is 1. The van der Waals surface area contributed by atoms with Gasteiger partial charge >= 0.3 is 18.2 Å². The molecule has 8 nitrogen and oxygen atoms in total. The van der Waals surface area contributed by atoms with Crippen LogP contribution in [0.15, 0.2) is 54.6 Å². The van der Waals surface area contributed by atoms with E-state index in [1.807, 2.05) is 0 Å². The minimum atomic E-state index is -4.61. The summed E-state index contributed by atoms with van der Waals surface area (Å²) in [5.74, 6) is -2.42. The second-order valence-electron chi connectivity index (χ2n) is 8.46. The lowest BCUT2D eigenvalue weighted by Gasteiger charge is -2.21. The molecule has 4 rings (SSSR count).